The number of anilines is 1. The molecule has 0 unspecified atom stereocenters. The first kappa shape index (κ1) is 14.0. The molecule has 0 spiro atoms. The normalized spacial score (nSPS) is 11.2. The van der Waals surface area contributed by atoms with Crippen molar-refractivity contribution in [2.75, 3.05) is 12.8 Å². The van der Waals surface area contributed by atoms with Gasteiger partial charge in [0.15, 0.2) is 0 Å². The van der Waals surface area contributed by atoms with E-state index in [0.717, 1.165) is 41.3 Å². The maximum absolute atomic E-state index is 6.05. The number of aryl methyl sites for hydroxylation is 2. The maximum Gasteiger partial charge on any atom is 0.0798 e. The van der Waals surface area contributed by atoms with Crippen LogP contribution in [0.15, 0.2) is 11.7 Å². The van der Waals surface area contributed by atoms with Crippen LogP contribution in [0, 0.1) is 20.8 Å². The van der Waals surface area contributed by atoms with E-state index in [1.807, 2.05) is 32.5 Å². The average molecular weight is 276 g/mol. The Morgan fingerprint density at radius 1 is 1.21 bits per heavy atom. The van der Waals surface area contributed by atoms with E-state index in [1.54, 1.807) is 11.3 Å². The first-order valence-corrected chi connectivity index (χ1v) is 7.15. The second kappa shape index (κ2) is 5.67. The molecule has 0 atom stereocenters. The van der Waals surface area contributed by atoms with E-state index in [2.05, 4.69) is 21.9 Å². The van der Waals surface area contributed by atoms with Crippen LogP contribution in [-0.4, -0.2) is 21.9 Å². The monoisotopic (exact) mass is 276 g/mol. The van der Waals surface area contributed by atoms with Gasteiger partial charge in [0.1, 0.15) is 0 Å². The van der Waals surface area contributed by atoms with Gasteiger partial charge < -0.3 is 5.73 Å². The van der Waals surface area contributed by atoms with Crippen molar-refractivity contribution in [2.24, 2.45) is 0 Å². The minimum Gasteiger partial charge on any atom is -0.398 e. The molecule has 0 aliphatic rings. The van der Waals surface area contributed by atoms with Gasteiger partial charge in [-0.2, -0.15) is 0 Å². The fraction of sp³-hybridized carbons (Fsp3) is 0.429. The molecule has 0 aliphatic heterocycles. The summed E-state index contributed by atoms with van der Waals surface area (Å²) in [7, 11) is 2.09. The molecule has 0 saturated heterocycles. The molecule has 0 bridgehead atoms. The Hall–Kier alpha value is -1.46. The lowest BCUT2D eigenvalue weighted by atomic mass is 10.1. The average Bonchev–Trinajstić information content (AvgIpc) is 2.76. The third-order valence-corrected chi connectivity index (χ3v) is 4.27. The van der Waals surface area contributed by atoms with Gasteiger partial charge in [0.05, 0.1) is 16.9 Å². The SMILES string of the molecule is Cc1cnc(CN(C)Cc2scnc2C)c(C)c1N. The molecule has 2 rings (SSSR count). The Balaban J connectivity index is 2.09. The maximum atomic E-state index is 6.05. The number of nitrogens with zero attached hydrogens (tertiary/aromatic N) is 3. The highest BCUT2D eigenvalue weighted by Crippen LogP contribution is 2.20. The van der Waals surface area contributed by atoms with Crippen molar-refractivity contribution in [1.82, 2.24) is 14.9 Å². The molecule has 2 heterocycles. The molecule has 0 amide bonds. The molecule has 0 fully saturated rings. The smallest absolute Gasteiger partial charge is 0.0798 e. The summed E-state index contributed by atoms with van der Waals surface area (Å²) in [5, 5.41) is 0. The molecule has 102 valence electrons. The van der Waals surface area contributed by atoms with Crippen molar-refractivity contribution >= 4 is 17.0 Å². The van der Waals surface area contributed by atoms with Gasteiger partial charge in [-0.1, -0.05) is 0 Å². The molecule has 0 aliphatic carbocycles. The van der Waals surface area contributed by atoms with Crippen LogP contribution in [0.1, 0.15) is 27.4 Å². The summed E-state index contributed by atoms with van der Waals surface area (Å²) in [5.74, 6) is 0. The van der Waals surface area contributed by atoms with Crippen LogP contribution in [0.25, 0.3) is 0 Å². The lowest BCUT2D eigenvalue weighted by Gasteiger charge is -2.18. The zero-order valence-corrected chi connectivity index (χ0v) is 12.7. The lowest BCUT2D eigenvalue weighted by Crippen LogP contribution is -2.19. The highest BCUT2D eigenvalue weighted by Gasteiger charge is 2.11. The van der Waals surface area contributed by atoms with E-state index in [9.17, 15) is 0 Å². The van der Waals surface area contributed by atoms with E-state index >= 15 is 0 Å². The fourth-order valence-corrected chi connectivity index (χ4v) is 2.84. The van der Waals surface area contributed by atoms with Crippen LogP contribution >= 0.6 is 11.3 Å². The van der Waals surface area contributed by atoms with Crippen molar-refractivity contribution in [3.8, 4) is 0 Å². The van der Waals surface area contributed by atoms with Gasteiger partial charge in [-0.15, -0.1) is 11.3 Å². The van der Waals surface area contributed by atoms with Crippen LogP contribution in [-0.2, 0) is 13.1 Å². The standard InChI is InChI=1S/C14H20N4S/c1-9-5-16-12(10(2)14(9)15)6-18(4)7-13-11(3)17-8-19-13/h5,8H,6-7H2,1-4H3,(H2,15,16). The van der Waals surface area contributed by atoms with Gasteiger partial charge in [0.2, 0.25) is 0 Å². The van der Waals surface area contributed by atoms with E-state index in [4.69, 9.17) is 5.73 Å². The van der Waals surface area contributed by atoms with E-state index in [1.165, 1.54) is 4.88 Å². The summed E-state index contributed by atoms with van der Waals surface area (Å²) in [6.07, 6.45) is 1.85. The molecule has 4 nitrogen and oxygen atoms in total. The van der Waals surface area contributed by atoms with Gasteiger partial charge in [-0.05, 0) is 38.9 Å². The number of hydrogen-bond acceptors (Lipinski definition) is 5. The molecule has 2 aromatic rings. The Labute approximate surface area is 118 Å². The van der Waals surface area contributed by atoms with Crippen LogP contribution < -0.4 is 5.73 Å². The quantitative estimate of drug-likeness (QED) is 0.933. The number of hydrogen-bond donors (Lipinski definition) is 1. The summed E-state index contributed by atoms with van der Waals surface area (Å²) in [6.45, 7) is 7.77. The van der Waals surface area contributed by atoms with E-state index in [-0.39, 0.29) is 0 Å². The first-order valence-electron chi connectivity index (χ1n) is 6.27. The number of thiazole rings is 1. The molecule has 0 saturated carbocycles. The molecule has 2 aromatic heterocycles. The summed E-state index contributed by atoms with van der Waals surface area (Å²) < 4.78 is 0. The highest BCUT2D eigenvalue weighted by atomic mass is 32.1. The third-order valence-electron chi connectivity index (χ3n) is 3.35. The number of nitrogen functional groups attached to an aromatic ring is 1. The molecular weight excluding hydrogens is 256 g/mol. The Kier molecular flexibility index (Phi) is 4.17. The van der Waals surface area contributed by atoms with Crippen LogP contribution in [0.3, 0.4) is 0 Å². The topological polar surface area (TPSA) is 55.0 Å². The highest BCUT2D eigenvalue weighted by molar-refractivity contribution is 7.09. The second-order valence-corrected chi connectivity index (χ2v) is 5.90. The van der Waals surface area contributed by atoms with Crippen molar-refractivity contribution in [2.45, 2.75) is 33.9 Å². The zero-order valence-electron chi connectivity index (χ0n) is 11.9. The summed E-state index contributed by atoms with van der Waals surface area (Å²) in [5.41, 5.74) is 13.1. The molecular formula is C14H20N4S. The van der Waals surface area contributed by atoms with Crippen molar-refractivity contribution in [1.29, 1.82) is 0 Å². The minimum absolute atomic E-state index is 0.799. The molecule has 0 radical (unpaired) electrons. The lowest BCUT2D eigenvalue weighted by molar-refractivity contribution is 0.316. The van der Waals surface area contributed by atoms with Crippen LogP contribution in [0.4, 0.5) is 5.69 Å². The Morgan fingerprint density at radius 2 is 1.95 bits per heavy atom. The molecule has 19 heavy (non-hydrogen) atoms. The number of rotatable bonds is 4. The summed E-state index contributed by atoms with van der Waals surface area (Å²) in [6, 6.07) is 0. The van der Waals surface area contributed by atoms with Crippen molar-refractivity contribution < 1.29 is 0 Å². The van der Waals surface area contributed by atoms with Crippen LogP contribution in [0.2, 0.25) is 0 Å². The van der Waals surface area contributed by atoms with E-state index in [0.29, 0.717) is 0 Å². The van der Waals surface area contributed by atoms with Gasteiger partial charge in [-0.25, -0.2) is 4.98 Å². The number of nitrogens with two attached hydrogens (primary N) is 1. The van der Waals surface area contributed by atoms with Gasteiger partial charge in [-0.3, -0.25) is 9.88 Å². The third kappa shape index (κ3) is 3.11. The zero-order chi connectivity index (χ0) is 14.0. The van der Waals surface area contributed by atoms with Crippen molar-refractivity contribution in [3.63, 3.8) is 0 Å². The molecule has 0 aromatic carbocycles. The summed E-state index contributed by atoms with van der Waals surface area (Å²) >= 11 is 1.70. The molecule has 2 N–H and O–H groups in total. The van der Waals surface area contributed by atoms with E-state index < -0.39 is 0 Å². The van der Waals surface area contributed by atoms with Gasteiger partial charge in [0, 0.05) is 29.9 Å². The Morgan fingerprint density at radius 3 is 2.58 bits per heavy atom. The summed E-state index contributed by atoms with van der Waals surface area (Å²) in [4.78, 5) is 12.3. The van der Waals surface area contributed by atoms with Gasteiger partial charge >= 0.3 is 0 Å². The predicted molar refractivity (Wildman–Crippen MR) is 80.1 cm³/mol. The Bertz CT molecular complexity index is 577. The number of aromatic nitrogens is 2. The van der Waals surface area contributed by atoms with Gasteiger partial charge in [0.25, 0.3) is 0 Å². The largest absolute Gasteiger partial charge is 0.398 e. The molecule has 5 heteroatoms. The minimum atomic E-state index is 0.799. The second-order valence-electron chi connectivity index (χ2n) is 4.96. The predicted octanol–water partition coefficient (Wildman–Crippen LogP) is 2.68. The number of pyridine rings is 1. The van der Waals surface area contributed by atoms with Crippen LogP contribution in [0.5, 0.6) is 0 Å². The fourth-order valence-electron chi connectivity index (χ4n) is 1.99. The van der Waals surface area contributed by atoms with Crippen molar-refractivity contribution in [3.05, 3.63) is 39.1 Å². The first-order chi connectivity index (χ1) is 8.99.